The van der Waals surface area contributed by atoms with Crippen molar-refractivity contribution in [2.45, 2.75) is 23.8 Å². The second-order valence-electron chi connectivity index (χ2n) is 4.21. The summed E-state index contributed by atoms with van der Waals surface area (Å²) in [6.45, 7) is 0.327. The molecule has 0 aliphatic heterocycles. The first kappa shape index (κ1) is 15.5. The van der Waals surface area contributed by atoms with Crippen LogP contribution in [-0.2, 0) is 10.0 Å². The smallest absolute Gasteiger partial charge is 0.207 e. The lowest BCUT2D eigenvalue weighted by Crippen LogP contribution is -2.35. The van der Waals surface area contributed by atoms with Gasteiger partial charge in [0, 0.05) is 17.9 Å². The molecule has 0 atom stereocenters. The largest absolute Gasteiger partial charge is 0.244 e. The van der Waals surface area contributed by atoms with E-state index in [9.17, 15) is 12.8 Å². The van der Waals surface area contributed by atoms with E-state index in [1.54, 1.807) is 0 Å². The SMILES string of the molecule is O=S(=O)(c1ccc(Cl)c(F)c1Cl)N(CCBr)C1CC1. The number of hydrogen-bond acceptors (Lipinski definition) is 2. The molecule has 1 aliphatic carbocycles. The zero-order valence-electron chi connectivity index (χ0n) is 9.74. The molecule has 0 aromatic heterocycles. The number of sulfonamides is 1. The van der Waals surface area contributed by atoms with Gasteiger partial charge < -0.3 is 0 Å². The molecule has 0 unspecified atom stereocenters. The highest BCUT2D eigenvalue weighted by molar-refractivity contribution is 9.09. The summed E-state index contributed by atoms with van der Waals surface area (Å²) in [5.41, 5.74) is 0. The zero-order valence-corrected chi connectivity index (χ0v) is 13.7. The van der Waals surface area contributed by atoms with Crippen molar-refractivity contribution >= 4 is 49.2 Å². The molecular formula is C11H11BrCl2FNO2S. The van der Waals surface area contributed by atoms with E-state index < -0.39 is 20.9 Å². The Kier molecular flexibility index (Phi) is 4.78. The molecular weight excluding hydrogens is 380 g/mol. The summed E-state index contributed by atoms with van der Waals surface area (Å²) >= 11 is 14.6. The number of benzene rings is 1. The fraction of sp³-hybridized carbons (Fsp3) is 0.455. The van der Waals surface area contributed by atoms with Crippen LogP contribution in [0.25, 0.3) is 0 Å². The van der Waals surface area contributed by atoms with Gasteiger partial charge in [-0.25, -0.2) is 12.8 Å². The van der Waals surface area contributed by atoms with Crippen LogP contribution in [-0.4, -0.2) is 30.6 Å². The van der Waals surface area contributed by atoms with Gasteiger partial charge in [-0.05, 0) is 25.0 Å². The number of hydrogen-bond donors (Lipinski definition) is 0. The van der Waals surface area contributed by atoms with Gasteiger partial charge in [0.2, 0.25) is 10.0 Å². The Labute approximate surface area is 129 Å². The van der Waals surface area contributed by atoms with Gasteiger partial charge >= 0.3 is 0 Å². The molecule has 106 valence electrons. The molecule has 0 amide bonds. The number of rotatable bonds is 5. The Morgan fingerprint density at radius 2 is 2.00 bits per heavy atom. The molecule has 8 heteroatoms. The molecule has 1 fully saturated rings. The Bertz CT molecular complexity index is 593. The molecule has 0 saturated heterocycles. The standard InChI is InChI=1S/C11H11BrCl2FNO2S/c12-5-6-16(7-1-2-7)19(17,18)9-4-3-8(13)11(15)10(9)14/h3-4,7H,1-2,5-6H2. The van der Waals surface area contributed by atoms with E-state index >= 15 is 0 Å². The highest BCUT2D eigenvalue weighted by atomic mass is 79.9. The van der Waals surface area contributed by atoms with Crippen molar-refractivity contribution in [1.29, 1.82) is 0 Å². The topological polar surface area (TPSA) is 37.4 Å². The first-order valence-corrected chi connectivity index (χ1v) is 8.92. The lowest BCUT2D eigenvalue weighted by atomic mass is 10.3. The zero-order chi connectivity index (χ0) is 14.2. The molecule has 3 nitrogen and oxygen atoms in total. The van der Waals surface area contributed by atoms with Crippen LogP contribution >= 0.6 is 39.1 Å². The van der Waals surface area contributed by atoms with Crippen molar-refractivity contribution in [2.75, 3.05) is 11.9 Å². The maximum Gasteiger partial charge on any atom is 0.244 e. The second kappa shape index (κ2) is 5.85. The van der Waals surface area contributed by atoms with Gasteiger partial charge in [-0.15, -0.1) is 0 Å². The Morgan fingerprint density at radius 1 is 1.37 bits per heavy atom. The summed E-state index contributed by atoms with van der Waals surface area (Å²) in [4.78, 5) is -0.232. The molecule has 0 radical (unpaired) electrons. The fourth-order valence-corrected chi connectivity index (χ4v) is 4.80. The lowest BCUT2D eigenvalue weighted by molar-refractivity contribution is 0.424. The second-order valence-corrected chi connectivity index (χ2v) is 7.65. The van der Waals surface area contributed by atoms with E-state index in [2.05, 4.69) is 15.9 Å². The summed E-state index contributed by atoms with van der Waals surface area (Å²) in [6, 6.07) is 2.43. The monoisotopic (exact) mass is 389 g/mol. The highest BCUT2D eigenvalue weighted by Crippen LogP contribution is 2.36. The van der Waals surface area contributed by atoms with Crippen molar-refractivity contribution in [3.63, 3.8) is 0 Å². The van der Waals surface area contributed by atoms with Crippen LogP contribution in [0.15, 0.2) is 17.0 Å². The van der Waals surface area contributed by atoms with Gasteiger partial charge in [-0.2, -0.15) is 4.31 Å². The Hall–Kier alpha value is 0.120. The first-order chi connectivity index (χ1) is 8.89. The summed E-state index contributed by atoms with van der Waals surface area (Å²) in [5.74, 6) is -0.904. The predicted octanol–water partition coefficient (Wildman–Crippen LogP) is 3.68. The van der Waals surface area contributed by atoms with Crippen LogP contribution in [0.2, 0.25) is 10.0 Å². The van der Waals surface area contributed by atoms with Crippen LogP contribution in [0.4, 0.5) is 4.39 Å². The van der Waals surface area contributed by atoms with Gasteiger partial charge in [0.15, 0.2) is 5.82 Å². The predicted molar refractivity (Wildman–Crippen MR) is 77.1 cm³/mol. The van der Waals surface area contributed by atoms with Gasteiger partial charge in [-0.1, -0.05) is 39.1 Å². The molecule has 19 heavy (non-hydrogen) atoms. The molecule has 1 aromatic carbocycles. The maximum absolute atomic E-state index is 13.6. The van der Waals surface area contributed by atoms with Crippen molar-refractivity contribution in [1.82, 2.24) is 4.31 Å². The summed E-state index contributed by atoms with van der Waals surface area (Å²) in [7, 11) is -3.80. The van der Waals surface area contributed by atoms with E-state index in [0.29, 0.717) is 11.9 Å². The van der Waals surface area contributed by atoms with Crippen molar-refractivity contribution in [3.05, 3.63) is 28.0 Å². The highest BCUT2D eigenvalue weighted by Gasteiger charge is 2.38. The van der Waals surface area contributed by atoms with Crippen LogP contribution in [0.5, 0.6) is 0 Å². The van der Waals surface area contributed by atoms with E-state index in [1.165, 1.54) is 16.4 Å². The molecule has 0 bridgehead atoms. The minimum absolute atomic E-state index is 0.0163. The average molecular weight is 391 g/mol. The molecule has 1 aromatic rings. The Balaban J connectivity index is 2.46. The molecule has 0 spiro atoms. The van der Waals surface area contributed by atoms with Gasteiger partial charge in [-0.3, -0.25) is 0 Å². The van der Waals surface area contributed by atoms with Crippen molar-refractivity contribution < 1.29 is 12.8 Å². The average Bonchev–Trinajstić information content (AvgIpc) is 3.16. The third kappa shape index (κ3) is 3.08. The lowest BCUT2D eigenvalue weighted by Gasteiger charge is -2.21. The van der Waals surface area contributed by atoms with Gasteiger partial charge in [0.1, 0.15) is 4.90 Å². The minimum atomic E-state index is -3.80. The minimum Gasteiger partial charge on any atom is -0.207 e. The fourth-order valence-electron chi connectivity index (χ4n) is 1.78. The quantitative estimate of drug-likeness (QED) is 0.568. The van der Waals surface area contributed by atoms with Gasteiger partial charge in [0.25, 0.3) is 0 Å². The third-order valence-electron chi connectivity index (χ3n) is 2.85. The van der Waals surface area contributed by atoms with E-state index in [-0.39, 0.29) is 16.0 Å². The van der Waals surface area contributed by atoms with E-state index in [4.69, 9.17) is 23.2 Å². The normalized spacial score (nSPS) is 16.1. The van der Waals surface area contributed by atoms with Crippen molar-refractivity contribution in [2.24, 2.45) is 0 Å². The van der Waals surface area contributed by atoms with E-state index in [0.717, 1.165) is 12.8 Å². The molecule has 0 heterocycles. The third-order valence-corrected chi connectivity index (χ3v) is 5.97. The summed E-state index contributed by atoms with van der Waals surface area (Å²) in [5, 5.41) is -0.133. The first-order valence-electron chi connectivity index (χ1n) is 5.61. The molecule has 0 N–H and O–H groups in total. The molecule has 1 aliphatic rings. The van der Waals surface area contributed by atoms with Crippen LogP contribution < -0.4 is 0 Å². The van der Waals surface area contributed by atoms with E-state index in [1.807, 2.05) is 0 Å². The number of alkyl halides is 1. The van der Waals surface area contributed by atoms with Crippen LogP contribution in [0, 0.1) is 5.82 Å². The van der Waals surface area contributed by atoms with Crippen LogP contribution in [0.3, 0.4) is 0 Å². The maximum atomic E-state index is 13.6. The number of nitrogens with zero attached hydrogens (tertiary/aromatic N) is 1. The molecule has 2 rings (SSSR count). The van der Waals surface area contributed by atoms with Crippen LogP contribution in [0.1, 0.15) is 12.8 Å². The summed E-state index contributed by atoms with van der Waals surface area (Å²) < 4.78 is 40.0. The van der Waals surface area contributed by atoms with Gasteiger partial charge in [0.05, 0.1) is 10.0 Å². The Morgan fingerprint density at radius 3 is 2.53 bits per heavy atom. The summed E-state index contributed by atoms with van der Waals surface area (Å²) in [6.07, 6.45) is 1.64. The molecule has 1 saturated carbocycles. The van der Waals surface area contributed by atoms with Crippen molar-refractivity contribution in [3.8, 4) is 0 Å². The number of halogens is 4.